The molecule has 10 heavy (non-hydrogen) atoms. The van der Waals surface area contributed by atoms with Crippen LogP contribution in [0.5, 0.6) is 0 Å². The summed E-state index contributed by atoms with van der Waals surface area (Å²) in [4.78, 5) is 0. The van der Waals surface area contributed by atoms with Gasteiger partial charge in [-0.25, -0.2) is 0 Å². The van der Waals surface area contributed by atoms with Gasteiger partial charge in [-0.2, -0.15) is 0 Å². The minimum absolute atomic E-state index is 0.421. The molecule has 0 spiro atoms. The third kappa shape index (κ3) is 3.12. The third-order valence-electron chi connectivity index (χ3n) is 2.07. The monoisotopic (exact) mass is 180 g/mol. The Morgan fingerprint density at radius 2 is 1.00 bits per heavy atom. The summed E-state index contributed by atoms with van der Waals surface area (Å²) < 4.78 is 0. The second-order valence-corrected chi connectivity index (χ2v) is 4.29. The molecule has 0 aliphatic heterocycles. The molecule has 1 saturated carbocycles. The standard InChI is InChI=1S/C8H14Cl2/c9-7-3-1-4-8(10)6-2-5-7/h7-8H,1-6H2. The molecule has 0 amide bonds. The van der Waals surface area contributed by atoms with E-state index in [1.54, 1.807) is 0 Å². The summed E-state index contributed by atoms with van der Waals surface area (Å²) in [5, 5.41) is 0.841. The van der Waals surface area contributed by atoms with Gasteiger partial charge in [0.1, 0.15) is 0 Å². The molecule has 1 rings (SSSR count). The molecule has 60 valence electrons. The maximum Gasteiger partial charge on any atom is 0.0336 e. The molecule has 0 bridgehead atoms. The van der Waals surface area contributed by atoms with Crippen molar-refractivity contribution >= 4 is 23.2 Å². The van der Waals surface area contributed by atoms with Crippen LogP contribution < -0.4 is 0 Å². The van der Waals surface area contributed by atoms with Crippen LogP contribution in [0.1, 0.15) is 38.5 Å². The maximum atomic E-state index is 6.00. The summed E-state index contributed by atoms with van der Waals surface area (Å²) in [5.74, 6) is 0. The van der Waals surface area contributed by atoms with E-state index in [-0.39, 0.29) is 0 Å². The van der Waals surface area contributed by atoms with E-state index in [1.165, 1.54) is 12.8 Å². The quantitative estimate of drug-likeness (QED) is 0.501. The van der Waals surface area contributed by atoms with Crippen molar-refractivity contribution in [1.82, 2.24) is 0 Å². The minimum Gasteiger partial charge on any atom is -0.123 e. The molecule has 0 atom stereocenters. The molecule has 0 N–H and O–H groups in total. The lowest BCUT2D eigenvalue weighted by Gasteiger charge is -2.16. The van der Waals surface area contributed by atoms with Crippen LogP contribution in [0.3, 0.4) is 0 Å². The van der Waals surface area contributed by atoms with Gasteiger partial charge in [0.2, 0.25) is 0 Å². The van der Waals surface area contributed by atoms with E-state index in [2.05, 4.69) is 0 Å². The van der Waals surface area contributed by atoms with Gasteiger partial charge in [-0.15, -0.1) is 23.2 Å². The molecule has 0 radical (unpaired) electrons. The largest absolute Gasteiger partial charge is 0.123 e. The van der Waals surface area contributed by atoms with Gasteiger partial charge in [-0.05, 0) is 25.7 Å². The Bertz CT molecular complexity index is 73.3. The van der Waals surface area contributed by atoms with Gasteiger partial charge < -0.3 is 0 Å². The summed E-state index contributed by atoms with van der Waals surface area (Å²) in [6, 6.07) is 0. The second-order valence-electron chi connectivity index (χ2n) is 3.06. The molecule has 0 aromatic carbocycles. The Kier molecular flexibility index (Phi) is 3.87. The number of hydrogen-bond donors (Lipinski definition) is 0. The van der Waals surface area contributed by atoms with Crippen LogP contribution >= 0.6 is 23.2 Å². The van der Waals surface area contributed by atoms with Gasteiger partial charge in [-0.1, -0.05) is 12.8 Å². The highest BCUT2D eigenvalue weighted by Gasteiger charge is 2.12. The first-order chi connectivity index (χ1) is 4.79. The number of alkyl halides is 2. The normalized spacial score (nSPS) is 36.6. The van der Waals surface area contributed by atoms with Crippen molar-refractivity contribution in [2.75, 3.05) is 0 Å². The van der Waals surface area contributed by atoms with E-state index in [0.29, 0.717) is 10.8 Å². The summed E-state index contributed by atoms with van der Waals surface area (Å²) in [6.45, 7) is 0. The molecule has 0 unspecified atom stereocenters. The minimum atomic E-state index is 0.421. The van der Waals surface area contributed by atoms with Crippen molar-refractivity contribution in [3.63, 3.8) is 0 Å². The molecular formula is C8H14Cl2. The molecule has 0 heterocycles. The van der Waals surface area contributed by atoms with Crippen molar-refractivity contribution in [3.8, 4) is 0 Å². The number of hydrogen-bond acceptors (Lipinski definition) is 0. The average Bonchev–Trinajstić information content (AvgIpc) is 1.84. The summed E-state index contributed by atoms with van der Waals surface area (Å²) in [6.07, 6.45) is 7.05. The van der Waals surface area contributed by atoms with E-state index < -0.39 is 0 Å². The molecule has 1 aliphatic carbocycles. The van der Waals surface area contributed by atoms with Crippen LogP contribution in [0, 0.1) is 0 Å². The van der Waals surface area contributed by atoms with E-state index in [4.69, 9.17) is 23.2 Å². The zero-order valence-corrected chi connectivity index (χ0v) is 7.67. The van der Waals surface area contributed by atoms with Gasteiger partial charge >= 0.3 is 0 Å². The molecule has 1 aliphatic rings. The highest BCUT2D eigenvalue weighted by Crippen LogP contribution is 2.23. The summed E-state index contributed by atoms with van der Waals surface area (Å²) in [5.41, 5.74) is 0. The molecule has 1 fully saturated rings. The van der Waals surface area contributed by atoms with Crippen molar-refractivity contribution in [2.45, 2.75) is 49.3 Å². The summed E-state index contributed by atoms with van der Waals surface area (Å²) >= 11 is 12.0. The van der Waals surface area contributed by atoms with E-state index in [1.807, 2.05) is 0 Å². The van der Waals surface area contributed by atoms with Gasteiger partial charge in [0.15, 0.2) is 0 Å². The zero-order chi connectivity index (χ0) is 7.40. The van der Waals surface area contributed by atoms with Gasteiger partial charge in [0, 0.05) is 10.8 Å². The molecule has 0 aromatic rings. The highest BCUT2D eigenvalue weighted by molar-refractivity contribution is 6.21. The first-order valence-corrected chi connectivity index (χ1v) is 4.94. The lowest BCUT2D eigenvalue weighted by atomic mass is 10.0. The van der Waals surface area contributed by atoms with Gasteiger partial charge in [0.25, 0.3) is 0 Å². The highest BCUT2D eigenvalue weighted by atomic mass is 35.5. The van der Waals surface area contributed by atoms with Gasteiger partial charge in [0.05, 0.1) is 0 Å². The van der Waals surface area contributed by atoms with Gasteiger partial charge in [-0.3, -0.25) is 0 Å². The van der Waals surface area contributed by atoms with Crippen molar-refractivity contribution < 1.29 is 0 Å². The van der Waals surface area contributed by atoms with Crippen molar-refractivity contribution in [2.24, 2.45) is 0 Å². The predicted molar refractivity (Wildman–Crippen MR) is 47.0 cm³/mol. The SMILES string of the molecule is ClC1CCCC(Cl)CCC1. The van der Waals surface area contributed by atoms with Crippen molar-refractivity contribution in [3.05, 3.63) is 0 Å². The van der Waals surface area contributed by atoms with E-state index in [9.17, 15) is 0 Å². The smallest absolute Gasteiger partial charge is 0.0336 e. The lowest BCUT2D eigenvalue weighted by Crippen LogP contribution is -2.08. The van der Waals surface area contributed by atoms with Crippen LogP contribution in [-0.2, 0) is 0 Å². The van der Waals surface area contributed by atoms with Crippen LogP contribution in [0.25, 0.3) is 0 Å². The molecule has 0 saturated heterocycles. The van der Waals surface area contributed by atoms with Crippen LogP contribution in [0.15, 0.2) is 0 Å². The Balaban J connectivity index is 2.21. The van der Waals surface area contributed by atoms with Crippen LogP contribution in [0.4, 0.5) is 0 Å². The Morgan fingerprint density at radius 1 is 0.700 bits per heavy atom. The van der Waals surface area contributed by atoms with E-state index >= 15 is 0 Å². The fraction of sp³-hybridized carbons (Fsp3) is 1.00. The Labute approximate surface area is 72.9 Å². The van der Waals surface area contributed by atoms with Crippen molar-refractivity contribution in [1.29, 1.82) is 0 Å². The first-order valence-electron chi connectivity index (χ1n) is 4.07. The fourth-order valence-electron chi connectivity index (χ4n) is 1.41. The van der Waals surface area contributed by atoms with Crippen LogP contribution in [0.2, 0.25) is 0 Å². The van der Waals surface area contributed by atoms with Crippen LogP contribution in [-0.4, -0.2) is 10.8 Å². The second kappa shape index (κ2) is 4.46. The fourth-order valence-corrected chi connectivity index (χ4v) is 2.03. The number of halogens is 2. The maximum absolute atomic E-state index is 6.00. The lowest BCUT2D eigenvalue weighted by molar-refractivity contribution is 0.514. The Hall–Kier alpha value is 0.580. The Morgan fingerprint density at radius 3 is 1.30 bits per heavy atom. The topological polar surface area (TPSA) is 0 Å². The molecule has 0 aromatic heterocycles. The van der Waals surface area contributed by atoms with E-state index in [0.717, 1.165) is 25.7 Å². The average molecular weight is 181 g/mol. The molecular weight excluding hydrogens is 167 g/mol. The predicted octanol–water partition coefficient (Wildman–Crippen LogP) is 3.56. The number of rotatable bonds is 0. The molecule has 2 heteroatoms. The summed E-state index contributed by atoms with van der Waals surface area (Å²) in [7, 11) is 0. The molecule has 0 nitrogen and oxygen atoms in total. The zero-order valence-electron chi connectivity index (χ0n) is 6.15. The first kappa shape index (κ1) is 8.67. The third-order valence-corrected chi connectivity index (χ3v) is 2.94.